The summed E-state index contributed by atoms with van der Waals surface area (Å²) in [7, 11) is -4.38. The first kappa shape index (κ1) is 25.2. The fourth-order valence-corrected chi connectivity index (χ4v) is 4.08. The lowest BCUT2D eigenvalue weighted by molar-refractivity contribution is -0.137. The largest absolute Gasteiger partial charge is 0.416 e. The van der Waals surface area contributed by atoms with Crippen LogP contribution in [0.5, 0.6) is 0 Å². The maximum absolute atomic E-state index is 13.0. The number of halogens is 3. The van der Waals surface area contributed by atoms with Crippen LogP contribution in [0.25, 0.3) is 0 Å². The summed E-state index contributed by atoms with van der Waals surface area (Å²) in [5, 5.41) is 6.55. The average molecular weight is 497 g/mol. The first-order valence-electron chi connectivity index (χ1n) is 10.4. The van der Waals surface area contributed by atoms with Crippen LogP contribution in [0.4, 0.5) is 18.9 Å². The molecule has 0 unspecified atom stereocenters. The highest BCUT2D eigenvalue weighted by atomic mass is 32.2. The van der Waals surface area contributed by atoms with Gasteiger partial charge in [-0.1, -0.05) is 37.2 Å². The number of rotatable bonds is 9. The van der Waals surface area contributed by atoms with E-state index in [0.717, 1.165) is 18.2 Å². The number of aromatic nitrogens is 2. The Morgan fingerprint density at radius 2 is 1.85 bits per heavy atom. The third kappa shape index (κ3) is 6.34. The van der Waals surface area contributed by atoms with Crippen LogP contribution in [0, 0.1) is 0 Å². The summed E-state index contributed by atoms with van der Waals surface area (Å²) in [5.41, 5.74) is -1.13. The Morgan fingerprint density at radius 3 is 2.53 bits per heavy atom. The highest BCUT2D eigenvalue weighted by molar-refractivity contribution is 7.92. The normalized spacial score (nSPS) is 12.1. The molecule has 0 aliphatic heterocycles. The van der Waals surface area contributed by atoms with Gasteiger partial charge in [-0.05, 0) is 36.8 Å². The lowest BCUT2D eigenvalue weighted by Gasteiger charge is -2.14. The Morgan fingerprint density at radius 1 is 1.12 bits per heavy atom. The number of sulfonamides is 1. The molecule has 12 heteroatoms. The predicted octanol–water partition coefficient (Wildman–Crippen LogP) is 4.38. The summed E-state index contributed by atoms with van der Waals surface area (Å²) in [4.78, 5) is 16.3. The fraction of sp³-hybridized carbons (Fsp3) is 0.318. The number of para-hydroxylation sites is 1. The molecule has 0 aliphatic rings. The number of alkyl halides is 3. The molecule has 0 radical (unpaired) electrons. The van der Waals surface area contributed by atoms with E-state index in [1.54, 1.807) is 6.07 Å². The number of benzene rings is 2. The highest BCUT2D eigenvalue weighted by Gasteiger charge is 2.31. The third-order valence-corrected chi connectivity index (χ3v) is 6.10. The second kappa shape index (κ2) is 10.2. The summed E-state index contributed by atoms with van der Waals surface area (Å²) in [6, 6.07) is 9.17. The van der Waals surface area contributed by atoms with Crippen molar-refractivity contribution in [2.24, 2.45) is 0 Å². The first-order chi connectivity index (χ1) is 16.0. The maximum Gasteiger partial charge on any atom is 0.416 e. The summed E-state index contributed by atoms with van der Waals surface area (Å²) in [6.07, 6.45) is -3.74. The van der Waals surface area contributed by atoms with E-state index in [4.69, 9.17) is 4.52 Å². The van der Waals surface area contributed by atoms with Crippen molar-refractivity contribution in [2.75, 3.05) is 11.3 Å². The summed E-state index contributed by atoms with van der Waals surface area (Å²) >= 11 is 0. The molecule has 2 aromatic carbocycles. The van der Waals surface area contributed by atoms with Crippen molar-refractivity contribution in [3.63, 3.8) is 0 Å². The minimum atomic E-state index is -4.69. The van der Waals surface area contributed by atoms with Crippen molar-refractivity contribution in [2.45, 2.75) is 43.7 Å². The topological polar surface area (TPSA) is 114 Å². The summed E-state index contributed by atoms with van der Waals surface area (Å²) in [5.74, 6) is 0.636. The van der Waals surface area contributed by atoms with E-state index in [1.165, 1.54) is 18.2 Å². The van der Waals surface area contributed by atoms with E-state index >= 15 is 0 Å². The van der Waals surface area contributed by atoms with E-state index < -0.39 is 32.6 Å². The van der Waals surface area contributed by atoms with Crippen molar-refractivity contribution in [3.05, 3.63) is 71.4 Å². The molecule has 3 rings (SSSR count). The van der Waals surface area contributed by atoms with Crippen molar-refractivity contribution in [1.29, 1.82) is 0 Å². The van der Waals surface area contributed by atoms with Crippen LogP contribution in [0.1, 0.15) is 53.8 Å². The zero-order valence-electron chi connectivity index (χ0n) is 18.4. The standard InChI is InChI=1S/C22H23F3N4O4S/c1-14(2)20-27-19(33-28-20)11-6-12-26-21(30)17-9-3-4-10-18(17)29-34(31,32)16-8-5-7-15(13-16)22(23,24)25/h3-5,7-10,13-14,29H,6,11-12H2,1-2H3,(H,26,30). The number of anilines is 1. The van der Waals surface area contributed by atoms with E-state index in [9.17, 15) is 26.4 Å². The smallest absolute Gasteiger partial charge is 0.352 e. The molecule has 2 N–H and O–H groups in total. The zero-order chi connectivity index (χ0) is 24.9. The Balaban J connectivity index is 1.66. The van der Waals surface area contributed by atoms with Gasteiger partial charge in [0.05, 0.1) is 21.7 Å². The molecular formula is C22H23F3N4O4S. The lowest BCUT2D eigenvalue weighted by atomic mass is 10.1. The molecule has 34 heavy (non-hydrogen) atoms. The number of nitrogens with zero attached hydrogens (tertiary/aromatic N) is 2. The number of nitrogens with one attached hydrogen (secondary N) is 2. The van der Waals surface area contributed by atoms with Crippen LogP contribution in [0.3, 0.4) is 0 Å². The van der Waals surface area contributed by atoms with E-state index in [-0.39, 0.29) is 23.7 Å². The van der Waals surface area contributed by atoms with Gasteiger partial charge in [-0.2, -0.15) is 18.2 Å². The highest BCUT2D eigenvalue weighted by Crippen LogP contribution is 2.31. The average Bonchev–Trinajstić information content (AvgIpc) is 3.26. The fourth-order valence-electron chi connectivity index (χ4n) is 2.95. The van der Waals surface area contributed by atoms with Gasteiger partial charge in [0.25, 0.3) is 15.9 Å². The van der Waals surface area contributed by atoms with Crippen molar-refractivity contribution in [1.82, 2.24) is 15.5 Å². The molecule has 0 atom stereocenters. The monoisotopic (exact) mass is 496 g/mol. The molecule has 1 heterocycles. The number of hydrogen-bond donors (Lipinski definition) is 2. The van der Waals surface area contributed by atoms with E-state index in [1.807, 2.05) is 13.8 Å². The van der Waals surface area contributed by atoms with Crippen LogP contribution in [0.2, 0.25) is 0 Å². The number of carbonyl (C=O) groups excluding carboxylic acids is 1. The van der Waals surface area contributed by atoms with Crippen LogP contribution >= 0.6 is 0 Å². The van der Waals surface area contributed by atoms with Gasteiger partial charge in [-0.25, -0.2) is 8.42 Å². The Kier molecular flexibility index (Phi) is 7.60. The molecule has 3 aromatic rings. The molecule has 8 nitrogen and oxygen atoms in total. The van der Waals surface area contributed by atoms with Gasteiger partial charge in [0.2, 0.25) is 5.89 Å². The molecule has 0 saturated heterocycles. The van der Waals surface area contributed by atoms with Crippen LogP contribution in [0.15, 0.2) is 57.9 Å². The second-order valence-corrected chi connectivity index (χ2v) is 9.42. The molecule has 182 valence electrons. The van der Waals surface area contributed by atoms with Crippen LogP contribution in [-0.2, 0) is 22.6 Å². The number of carbonyl (C=O) groups is 1. The lowest BCUT2D eigenvalue weighted by Crippen LogP contribution is -2.26. The van der Waals surface area contributed by atoms with Crippen molar-refractivity contribution < 1.29 is 30.9 Å². The van der Waals surface area contributed by atoms with E-state index in [2.05, 4.69) is 20.2 Å². The van der Waals surface area contributed by atoms with Gasteiger partial charge in [0, 0.05) is 18.9 Å². The quantitative estimate of drug-likeness (QED) is 0.425. The molecule has 1 amide bonds. The van der Waals surface area contributed by atoms with Crippen molar-refractivity contribution >= 4 is 21.6 Å². The summed E-state index contributed by atoms with van der Waals surface area (Å²) in [6.45, 7) is 4.13. The Labute approximate surface area is 194 Å². The number of amides is 1. The Hall–Kier alpha value is -3.41. The number of aryl methyl sites for hydroxylation is 1. The first-order valence-corrected chi connectivity index (χ1v) is 11.9. The van der Waals surface area contributed by atoms with Gasteiger partial charge in [0.1, 0.15) is 0 Å². The van der Waals surface area contributed by atoms with Crippen LogP contribution < -0.4 is 10.0 Å². The minimum absolute atomic E-state index is 0.0259. The SMILES string of the molecule is CC(C)c1noc(CCCNC(=O)c2ccccc2NS(=O)(=O)c2cccc(C(F)(F)F)c2)n1. The molecule has 0 aliphatic carbocycles. The molecule has 0 bridgehead atoms. The van der Waals surface area contributed by atoms with E-state index in [0.29, 0.717) is 30.6 Å². The van der Waals surface area contributed by atoms with Crippen molar-refractivity contribution in [3.8, 4) is 0 Å². The maximum atomic E-state index is 13.0. The second-order valence-electron chi connectivity index (χ2n) is 7.74. The van der Waals surface area contributed by atoms with Gasteiger partial charge < -0.3 is 9.84 Å². The molecule has 0 spiro atoms. The molecular weight excluding hydrogens is 473 g/mol. The van der Waals surface area contributed by atoms with Gasteiger partial charge >= 0.3 is 6.18 Å². The van der Waals surface area contributed by atoms with Gasteiger partial charge in [-0.3, -0.25) is 9.52 Å². The molecule has 0 saturated carbocycles. The van der Waals surface area contributed by atoms with Gasteiger partial charge in [-0.15, -0.1) is 0 Å². The Bertz CT molecular complexity index is 1260. The third-order valence-electron chi connectivity index (χ3n) is 4.74. The van der Waals surface area contributed by atoms with Gasteiger partial charge in [0.15, 0.2) is 5.82 Å². The molecule has 0 fully saturated rings. The minimum Gasteiger partial charge on any atom is -0.352 e. The van der Waals surface area contributed by atoms with Crippen LogP contribution in [-0.4, -0.2) is 31.0 Å². The number of hydrogen-bond acceptors (Lipinski definition) is 6. The summed E-state index contributed by atoms with van der Waals surface area (Å²) < 4.78 is 71.6. The molecule has 1 aromatic heterocycles. The zero-order valence-corrected chi connectivity index (χ0v) is 19.2. The predicted molar refractivity (Wildman–Crippen MR) is 118 cm³/mol.